The van der Waals surface area contributed by atoms with Gasteiger partial charge < -0.3 is 10.4 Å². The van der Waals surface area contributed by atoms with Crippen molar-refractivity contribution in [2.24, 2.45) is 5.41 Å². The van der Waals surface area contributed by atoms with Crippen LogP contribution in [0.15, 0.2) is 22.7 Å². The molecule has 0 bridgehead atoms. The van der Waals surface area contributed by atoms with Crippen LogP contribution in [0.4, 0.5) is 0 Å². The third kappa shape index (κ3) is 3.52. The van der Waals surface area contributed by atoms with Crippen molar-refractivity contribution in [1.29, 1.82) is 0 Å². The first-order valence-corrected chi connectivity index (χ1v) is 7.87. The Labute approximate surface area is 140 Å². The second-order valence-corrected chi connectivity index (χ2v) is 7.71. The van der Waals surface area contributed by atoms with Crippen molar-refractivity contribution in [1.82, 2.24) is 5.32 Å². The van der Waals surface area contributed by atoms with Gasteiger partial charge in [-0.15, -0.1) is 0 Å². The van der Waals surface area contributed by atoms with Crippen molar-refractivity contribution in [3.8, 4) is 0 Å². The minimum absolute atomic E-state index is 0.282. The van der Waals surface area contributed by atoms with E-state index in [-0.39, 0.29) is 5.91 Å². The molecule has 0 atom stereocenters. The molecule has 2 N–H and O–H groups in total. The summed E-state index contributed by atoms with van der Waals surface area (Å²) in [5.41, 5.74) is -1.45. The number of carbonyl (C=O) groups is 2. The zero-order valence-corrected chi connectivity index (χ0v) is 15.5. The molecule has 1 rings (SSSR count). The molecule has 20 heavy (non-hydrogen) atoms. The molecular weight excluding hydrogens is 437 g/mol. The van der Waals surface area contributed by atoms with E-state index in [4.69, 9.17) is 0 Å². The second-order valence-electron chi connectivity index (χ2n) is 5.63. The molecule has 6 heteroatoms. The maximum absolute atomic E-state index is 12.4. The zero-order valence-electron chi connectivity index (χ0n) is 11.8. The molecule has 0 aliphatic carbocycles. The van der Waals surface area contributed by atoms with Gasteiger partial charge in [-0.1, -0.05) is 15.9 Å². The predicted molar refractivity (Wildman–Crippen MR) is 89.8 cm³/mol. The summed E-state index contributed by atoms with van der Waals surface area (Å²) in [6.45, 7) is 6.62. The summed E-state index contributed by atoms with van der Waals surface area (Å²) in [6.07, 6.45) is 0. The molecule has 1 amide bonds. The van der Waals surface area contributed by atoms with Gasteiger partial charge in [-0.3, -0.25) is 9.59 Å². The third-order valence-corrected chi connectivity index (χ3v) is 5.13. The summed E-state index contributed by atoms with van der Waals surface area (Å²) in [5, 5.41) is 12.1. The van der Waals surface area contributed by atoms with Crippen molar-refractivity contribution in [3.63, 3.8) is 0 Å². The number of carboxylic acids is 1. The van der Waals surface area contributed by atoms with Gasteiger partial charge in [0.1, 0.15) is 0 Å². The Hall–Kier alpha value is -0.630. The minimum Gasteiger partial charge on any atom is -0.481 e. The summed E-state index contributed by atoms with van der Waals surface area (Å²) >= 11 is 5.41. The van der Waals surface area contributed by atoms with Crippen LogP contribution in [0, 0.1) is 8.99 Å². The molecule has 0 unspecified atom stereocenters. The fourth-order valence-corrected chi connectivity index (χ4v) is 2.39. The average Bonchev–Trinajstić information content (AvgIpc) is 2.31. The quantitative estimate of drug-likeness (QED) is 0.683. The van der Waals surface area contributed by atoms with Crippen LogP contribution in [-0.2, 0) is 4.79 Å². The van der Waals surface area contributed by atoms with Gasteiger partial charge in [-0.2, -0.15) is 0 Å². The van der Waals surface area contributed by atoms with E-state index in [2.05, 4.69) is 43.8 Å². The molecule has 110 valence electrons. The Morgan fingerprint density at radius 1 is 1.25 bits per heavy atom. The lowest BCUT2D eigenvalue weighted by molar-refractivity contribution is -0.150. The lowest BCUT2D eigenvalue weighted by atomic mass is 9.74. The van der Waals surface area contributed by atoms with E-state index in [1.807, 2.05) is 12.1 Å². The number of benzene rings is 1. The van der Waals surface area contributed by atoms with Crippen LogP contribution in [0.5, 0.6) is 0 Å². The highest BCUT2D eigenvalue weighted by molar-refractivity contribution is 14.1. The number of carboxylic acid groups (broad SMARTS) is 1. The van der Waals surface area contributed by atoms with E-state index >= 15 is 0 Å². The van der Waals surface area contributed by atoms with E-state index in [0.29, 0.717) is 5.56 Å². The summed E-state index contributed by atoms with van der Waals surface area (Å²) in [7, 11) is 0. The van der Waals surface area contributed by atoms with Crippen LogP contribution in [0.2, 0.25) is 0 Å². The average molecular weight is 454 g/mol. The standard InChI is InChI=1S/C14H17BrINO3/c1-13(2,12(19)20)14(3,4)17-11(18)9-7-8(15)5-6-10(9)16/h5-7H,1-4H3,(H,17,18)(H,19,20). The van der Waals surface area contributed by atoms with Gasteiger partial charge in [0.25, 0.3) is 5.91 Å². The molecule has 0 saturated heterocycles. The summed E-state index contributed by atoms with van der Waals surface area (Å²) in [6, 6.07) is 5.40. The predicted octanol–water partition coefficient (Wildman–Crippen LogP) is 3.67. The number of nitrogens with one attached hydrogen (secondary N) is 1. The van der Waals surface area contributed by atoms with E-state index in [1.54, 1.807) is 33.8 Å². The second kappa shape index (κ2) is 6.01. The van der Waals surface area contributed by atoms with Gasteiger partial charge in [-0.05, 0) is 68.5 Å². The normalized spacial score (nSPS) is 12.1. The third-order valence-electron chi connectivity index (χ3n) is 3.70. The number of aliphatic carboxylic acids is 1. The number of hydrogen-bond acceptors (Lipinski definition) is 2. The van der Waals surface area contributed by atoms with Gasteiger partial charge in [0.05, 0.1) is 16.5 Å². The maximum atomic E-state index is 12.4. The number of carbonyl (C=O) groups excluding carboxylic acids is 1. The summed E-state index contributed by atoms with van der Waals surface area (Å²) in [5.74, 6) is -1.23. The van der Waals surface area contributed by atoms with Crippen LogP contribution in [0.1, 0.15) is 38.1 Å². The highest BCUT2D eigenvalue weighted by Gasteiger charge is 2.44. The topological polar surface area (TPSA) is 66.4 Å². The molecule has 0 saturated carbocycles. The molecule has 1 aromatic carbocycles. The van der Waals surface area contributed by atoms with E-state index in [9.17, 15) is 14.7 Å². The first-order valence-electron chi connectivity index (χ1n) is 6.00. The van der Waals surface area contributed by atoms with Crippen LogP contribution in [0.3, 0.4) is 0 Å². The molecule has 1 aromatic rings. The Bertz CT molecular complexity index is 555. The lowest BCUT2D eigenvalue weighted by Crippen LogP contribution is -2.57. The van der Waals surface area contributed by atoms with E-state index < -0.39 is 16.9 Å². The van der Waals surface area contributed by atoms with Crippen molar-refractivity contribution >= 4 is 50.4 Å². The maximum Gasteiger partial charge on any atom is 0.311 e. The highest BCUT2D eigenvalue weighted by atomic mass is 127. The summed E-state index contributed by atoms with van der Waals surface area (Å²) < 4.78 is 1.62. The first kappa shape index (κ1) is 17.4. The van der Waals surface area contributed by atoms with E-state index in [1.165, 1.54) is 0 Å². The SMILES string of the molecule is CC(C)(NC(=O)c1cc(Br)ccc1I)C(C)(C)C(=O)O. The van der Waals surface area contributed by atoms with Crippen LogP contribution in [-0.4, -0.2) is 22.5 Å². The zero-order chi connectivity index (χ0) is 15.7. The molecule has 0 aliphatic rings. The fraction of sp³-hybridized carbons (Fsp3) is 0.429. The Balaban J connectivity index is 3.06. The Kier molecular flexibility index (Phi) is 5.23. The Morgan fingerprint density at radius 3 is 2.30 bits per heavy atom. The van der Waals surface area contributed by atoms with Gasteiger partial charge in [0.2, 0.25) is 0 Å². The summed E-state index contributed by atoms with van der Waals surface area (Å²) in [4.78, 5) is 23.7. The molecule has 0 spiro atoms. The number of halogens is 2. The monoisotopic (exact) mass is 453 g/mol. The van der Waals surface area contributed by atoms with Gasteiger partial charge in [0.15, 0.2) is 0 Å². The van der Waals surface area contributed by atoms with Crippen molar-refractivity contribution < 1.29 is 14.7 Å². The van der Waals surface area contributed by atoms with Gasteiger partial charge >= 0.3 is 5.97 Å². The van der Waals surface area contributed by atoms with Crippen molar-refractivity contribution in [3.05, 3.63) is 31.8 Å². The highest BCUT2D eigenvalue weighted by Crippen LogP contribution is 2.31. The van der Waals surface area contributed by atoms with Crippen molar-refractivity contribution in [2.75, 3.05) is 0 Å². The van der Waals surface area contributed by atoms with Crippen LogP contribution in [0.25, 0.3) is 0 Å². The number of hydrogen-bond donors (Lipinski definition) is 2. The van der Waals surface area contributed by atoms with Crippen LogP contribution >= 0.6 is 38.5 Å². The molecule has 0 radical (unpaired) electrons. The Morgan fingerprint density at radius 2 is 1.80 bits per heavy atom. The number of amides is 1. The number of rotatable bonds is 4. The molecule has 0 fully saturated rings. The first-order chi connectivity index (χ1) is 8.99. The van der Waals surface area contributed by atoms with Crippen LogP contribution < -0.4 is 5.32 Å². The minimum atomic E-state index is -1.08. The molecule has 0 aromatic heterocycles. The molecule has 4 nitrogen and oxygen atoms in total. The molecular formula is C14H17BrINO3. The molecule has 0 heterocycles. The molecule has 0 aliphatic heterocycles. The van der Waals surface area contributed by atoms with Gasteiger partial charge in [-0.25, -0.2) is 0 Å². The van der Waals surface area contributed by atoms with Crippen molar-refractivity contribution in [2.45, 2.75) is 33.2 Å². The fourth-order valence-electron chi connectivity index (χ4n) is 1.45. The van der Waals surface area contributed by atoms with E-state index in [0.717, 1.165) is 8.04 Å². The lowest BCUT2D eigenvalue weighted by Gasteiger charge is -2.38. The largest absolute Gasteiger partial charge is 0.481 e. The smallest absolute Gasteiger partial charge is 0.311 e. The van der Waals surface area contributed by atoms with Gasteiger partial charge in [0, 0.05) is 8.04 Å².